The molecule has 6 rings (SSSR count). The van der Waals surface area contributed by atoms with Crippen LogP contribution in [-0.4, -0.2) is 19.7 Å². The molecule has 0 saturated heterocycles. The molecule has 3 aromatic carbocycles. The summed E-state index contributed by atoms with van der Waals surface area (Å²) >= 11 is 0. The second kappa shape index (κ2) is 6.78. The molecule has 0 radical (unpaired) electrons. The molecule has 0 saturated carbocycles. The number of aromatic hydroxyl groups is 3. The van der Waals surface area contributed by atoms with E-state index in [4.69, 9.17) is 4.42 Å². The molecule has 0 spiro atoms. The number of aromatic nitrogens is 1. The summed E-state index contributed by atoms with van der Waals surface area (Å²) in [6.45, 7) is 5.45. The van der Waals surface area contributed by atoms with Crippen molar-refractivity contribution in [3.05, 3.63) is 81.8 Å². The zero-order valence-corrected chi connectivity index (χ0v) is 18.8. The Hall–Kier alpha value is -4.45. The highest BCUT2D eigenvalue weighted by molar-refractivity contribution is 6.21. The minimum atomic E-state index is -0.529. The van der Waals surface area contributed by atoms with Crippen molar-refractivity contribution in [3.8, 4) is 28.4 Å². The first-order valence-corrected chi connectivity index (χ1v) is 10.9. The van der Waals surface area contributed by atoms with Gasteiger partial charge in [-0.25, -0.2) is 4.79 Å². The number of fused-ring (bicyclic) bond motifs is 7. The van der Waals surface area contributed by atoms with Gasteiger partial charge in [0.15, 0.2) is 0 Å². The zero-order valence-electron chi connectivity index (χ0n) is 18.8. The highest BCUT2D eigenvalue weighted by Gasteiger charge is 2.23. The molecule has 168 valence electrons. The van der Waals surface area contributed by atoms with E-state index in [9.17, 15) is 20.1 Å². The molecular weight excluding hydrogens is 430 g/mol. The van der Waals surface area contributed by atoms with E-state index in [0.717, 1.165) is 33.0 Å². The highest BCUT2D eigenvalue weighted by Crippen LogP contribution is 2.43. The molecule has 3 aromatic heterocycles. The van der Waals surface area contributed by atoms with Crippen LogP contribution in [0.25, 0.3) is 49.3 Å². The van der Waals surface area contributed by atoms with Crippen LogP contribution in [0.4, 0.5) is 0 Å². The summed E-state index contributed by atoms with van der Waals surface area (Å²) in [6, 6.07) is 14.2. The van der Waals surface area contributed by atoms with Gasteiger partial charge in [0.05, 0.1) is 5.52 Å². The number of phenols is 3. The molecule has 3 N–H and O–H groups in total. The van der Waals surface area contributed by atoms with E-state index >= 15 is 0 Å². The molecule has 0 atom stereocenters. The van der Waals surface area contributed by atoms with Crippen LogP contribution in [0, 0.1) is 20.8 Å². The molecule has 34 heavy (non-hydrogen) atoms. The van der Waals surface area contributed by atoms with Crippen LogP contribution >= 0.6 is 0 Å². The molecule has 0 aliphatic carbocycles. The molecule has 6 nitrogen and oxygen atoms in total. The summed E-state index contributed by atoms with van der Waals surface area (Å²) in [5, 5.41) is 34.1. The highest BCUT2D eigenvalue weighted by atomic mass is 16.4. The van der Waals surface area contributed by atoms with Crippen LogP contribution in [0.1, 0.15) is 16.7 Å². The standard InChI is InChI=1S/C28H21NO5/c1-13-4-5-17(11-20(13)30)24-25-19-9-15(3)22(32)12-23(19)34-28(33)27(25)29-7-6-16-10-21(31)14(2)8-18(16)26(24)29/h4-12,30-32H,1-3H3. The fourth-order valence-electron chi connectivity index (χ4n) is 4.83. The largest absolute Gasteiger partial charge is 0.508 e. The van der Waals surface area contributed by atoms with E-state index in [0.29, 0.717) is 27.4 Å². The van der Waals surface area contributed by atoms with Gasteiger partial charge in [-0.1, -0.05) is 12.1 Å². The van der Waals surface area contributed by atoms with Crippen LogP contribution in [0.15, 0.2) is 63.9 Å². The van der Waals surface area contributed by atoms with E-state index in [2.05, 4.69) is 0 Å². The summed E-state index contributed by atoms with van der Waals surface area (Å²) in [7, 11) is 0. The smallest absolute Gasteiger partial charge is 0.361 e. The van der Waals surface area contributed by atoms with Crippen LogP contribution < -0.4 is 5.63 Å². The number of pyridine rings is 1. The van der Waals surface area contributed by atoms with Crippen molar-refractivity contribution in [2.24, 2.45) is 0 Å². The third-order valence-electron chi connectivity index (χ3n) is 6.69. The SMILES string of the molecule is Cc1ccc(-c2c3c4cc(C)c(O)cc4oc(=O)c3n3ccc4cc(O)c(C)cc4c23)cc1O. The van der Waals surface area contributed by atoms with Gasteiger partial charge in [0.25, 0.3) is 0 Å². The predicted octanol–water partition coefficient (Wildman–Crippen LogP) is 6.06. The normalized spacial score (nSPS) is 11.9. The number of phenolic OH excluding ortho intramolecular Hbond substituents is 3. The molecule has 0 fully saturated rings. The van der Waals surface area contributed by atoms with Gasteiger partial charge in [-0.15, -0.1) is 0 Å². The Bertz CT molecular complexity index is 1890. The van der Waals surface area contributed by atoms with Crippen molar-refractivity contribution in [1.82, 2.24) is 4.40 Å². The molecule has 6 aromatic rings. The average Bonchev–Trinajstić information content (AvgIpc) is 3.14. The van der Waals surface area contributed by atoms with Gasteiger partial charge in [-0.05, 0) is 78.7 Å². The van der Waals surface area contributed by atoms with E-state index in [1.807, 2.05) is 48.6 Å². The predicted molar refractivity (Wildman–Crippen MR) is 133 cm³/mol. The summed E-state index contributed by atoms with van der Waals surface area (Å²) in [5.41, 5.74) is 4.51. The molecule has 0 aliphatic rings. The molecule has 0 amide bonds. The van der Waals surface area contributed by atoms with Crippen molar-refractivity contribution in [2.45, 2.75) is 20.8 Å². The van der Waals surface area contributed by atoms with E-state index in [1.54, 1.807) is 25.3 Å². The van der Waals surface area contributed by atoms with Gasteiger partial charge < -0.3 is 24.1 Å². The number of benzene rings is 3. The summed E-state index contributed by atoms with van der Waals surface area (Å²) < 4.78 is 7.45. The second-order valence-corrected chi connectivity index (χ2v) is 8.88. The fourth-order valence-corrected chi connectivity index (χ4v) is 4.83. The third-order valence-corrected chi connectivity index (χ3v) is 6.69. The Kier molecular flexibility index (Phi) is 4.02. The van der Waals surface area contributed by atoms with Gasteiger partial charge in [0, 0.05) is 34.0 Å². The van der Waals surface area contributed by atoms with Gasteiger partial charge in [0.2, 0.25) is 0 Å². The Labute approximate surface area is 193 Å². The van der Waals surface area contributed by atoms with E-state index < -0.39 is 5.63 Å². The molecule has 3 heterocycles. The van der Waals surface area contributed by atoms with Crippen LogP contribution in [0.5, 0.6) is 17.2 Å². The molecule has 6 heteroatoms. The Morgan fingerprint density at radius 2 is 1.41 bits per heavy atom. The quantitative estimate of drug-likeness (QED) is 0.264. The average molecular weight is 451 g/mol. The summed E-state index contributed by atoms with van der Waals surface area (Å²) in [5.74, 6) is 0.392. The maximum absolute atomic E-state index is 13.3. The third kappa shape index (κ3) is 2.65. The second-order valence-electron chi connectivity index (χ2n) is 8.88. The lowest BCUT2D eigenvalue weighted by atomic mass is 9.96. The Balaban J connectivity index is 1.97. The van der Waals surface area contributed by atoms with Crippen molar-refractivity contribution >= 4 is 38.2 Å². The van der Waals surface area contributed by atoms with Crippen LogP contribution in [0.2, 0.25) is 0 Å². The van der Waals surface area contributed by atoms with Crippen molar-refractivity contribution in [2.75, 3.05) is 0 Å². The summed E-state index contributed by atoms with van der Waals surface area (Å²) in [4.78, 5) is 13.3. The molecule has 0 aliphatic heterocycles. The van der Waals surface area contributed by atoms with Crippen molar-refractivity contribution in [1.29, 1.82) is 0 Å². The molecular formula is C28H21NO5. The Morgan fingerprint density at radius 1 is 0.735 bits per heavy atom. The lowest BCUT2D eigenvalue weighted by molar-refractivity contribution is 0.469. The molecule has 0 unspecified atom stereocenters. The number of aryl methyl sites for hydroxylation is 3. The van der Waals surface area contributed by atoms with E-state index in [-0.39, 0.29) is 22.8 Å². The van der Waals surface area contributed by atoms with Crippen molar-refractivity contribution in [3.63, 3.8) is 0 Å². The first-order valence-electron chi connectivity index (χ1n) is 10.9. The van der Waals surface area contributed by atoms with Gasteiger partial charge in [-0.2, -0.15) is 0 Å². The van der Waals surface area contributed by atoms with Gasteiger partial charge in [-0.3, -0.25) is 0 Å². The number of nitrogens with zero attached hydrogens (tertiary/aromatic N) is 1. The molecule has 0 bridgehead atoms. The minimum Gasteiger partial charge on any atom is -0.508 e. The van der Waals surface area contributed by atoms with Crippen LogP contribution in [0.3, 0.4) is 0 Å². The monoisotopic (exact) mass is 451 g/mol. The summed E-state index contributed by atoms with van der Waals surface area (Å²) in [6.07, 6.45) is 1.79. The zero-order chi connectivity index (χ0) is 23.9. The first kappa shape index (κ1) is 20.2. The van der Waals surface area contributed by atoms with E-state index in [1.165, 1.54) is 6.07 Å². The van der Waals surface area contributed by atoms with Gasteiger partial charge >= 0.3 is 5.63 Å². The fraction of sp³-hybridized carbons (Fsp3) is 0.107. The Morgan fingerprint density at radius 3 is 2.15 bits per heavy atom. The van der Waals surface area contributed by atoms with Gasteiger partial charge in [0.1, 0.15) is 28.3 Å². The number of rotatable bonds is 1. The minimum absolute atomic E-state index is 0.0462. The maximum Gasteiger partial charge on any atom is 0.361 e. The lowest BCUT2D eigenvalue weighted by Gasteiger charge is -2.09. The number of hydrogen-bond donors (Lipinski definition) is 3. The van der Waals surface area contributed by atoms with Crippen LogP contribution in [-0.2, 0) is 0 Å². The first-order chi connectivity index (χ1) is 16.2. The van der Waals surface area contributed by atoms with Crippen molar-refractivity contribution < 1.29 is 19.7 Å². The lowest BCUT2D eigenvalue weighted by Crippen LogP contribution is -2.02. The topological polar surface area (TPSA) is 95.3 Å². The number of hydrogen-bond acceptors (Lipinski definition) is 5. The maximum atomic E-state index is 13.3.